The van der Waals surface area contributed by atoms with Crippen molar-refractivity contribution in [3.63, 3.8) is 0 Å². The molecule has 0 N–H and O–H groups in total. The second-order valence-electron chi connectivity index (χ2n) is 16.2. The predicted molar refractivity (Wildman–Crippen MR) is 277 cm³/mol. The normalized spacial score (nSPS) is 11.7. The fourth-order valence-corrected chi connectivity index (χ4v) is 8.94. The van der Waals surface area contributed by atoms with Gasteiger partial charge in [-0.05, 0) is 108 Å². The van der Waals surface area contributed by atoms with Crippen molar-refractivity contribution in [3.8, 4) is 66.8 Å². The summed E-state index contributed by atoms with van der Waals surface area (Å²) in [6.45, 7) is 6.52. The van der Waals surface area contributed by atoms with Crippen LogP contribution in [0.25, 0.3) is 83.2 Å². The van der Waals surface area contributed by atoms with E-state index in [1.165, 1.54) is 27.8 Å². The molecule has 10 rings (SSSR count). The minimum absolute atomic E-state index is 0.598. The van der Waals surface area contributed by atoms with Crippen LogP contribution in [0.1, 0.15) is 23.6 Å². The van der Waals surface area contributed by atoms with Gasteiger partial charge in [0.2, 0.25) is 0 Å². The lowest BCUT2D eigenvalue weighted by Gasteiger charge is -2.25. The van der Waals surface area contributed by atoms with Crippen molar-refractivity contribution < 1.29 is 0 Å². The van der Waals surface area contributed by atoms with E-state index in [-0.39, 0.29) is 0 Å². The molecule has 0 aliphatic heterocycles. The summed E-state index contributed by atoms with van der Waals surface area (Å²) in [4.78, 5) is 10.6. The topological polar surface area (TPSA) is 24.7 Å². The van der Waals surface area contributed by atoms with Gasteiger partial charge in [0.05, 0.1) is 5.70 Å². The van der Waals surface area contributed by atoms with E-state index < -0.39 is 0 Å². The van der Waals surface area contributed by atoms with E-state index in [1.807, 2.05) is 48.5 Å². The molecule has 65 heavy (non-hydrogen) atoms. The van der Waals surface area contributed by atoms with Crippen LogP contribution in [0.4, 0.5) is 0 Å². The quantitative estimate of drug-likeness (QED) is 0.0969. The number of hydrogen-bond acceptors (Lipinski definition) is 1. The molecule has 308 valence electrons. The maximum Gasteiger partial charge on any atom is 0.160 e. The molecule has 0 aliphatic carbocycles. The van der Waals surface area contributed by atoms with Gasteiger partial charge < -0.3 is 0 Å². The SMILES string of the molecule is C=C(N=C(N=C(C)c1ccccc1)c1ccc2ccccc2c1-c1cccc(-c2cc(-c3ccccc3)c(-c3ccccc3)c(-c3ccccc3)c2-c2ccccc2)c1)c1ccccc1. The summed E-state index contributed by atoms with van der Waals surface area (Å²) in [5.41, 5.74) is 18.1. The van der Waals surface area contributed by atoms with E-state index in [0.717, 1.165) is 72.1 Å². The van der Waals surface area contributed by atoms with Crippen molar-refractivity contribution in [1.82, 2.24) is 0 Å². The second-order valence-corrected chi connectivity index (χ2v) is 16.2. The van der Waals surface area contributed by atoms with Crippen molar-refractivity contribution in [3.05, 3.63) is 272 Å². The third kappa shape index (κ3) is 8.42. The molecule has 0 amide bonds. The molecular weight excluding hydrogens is 785 g/mol. The van der Waals surface area contributed by atoms with Gasteiger partial charge in [-0.1, -0.05) is 237 Å². The lowest BCUT2D eigenvalue weighted by atomic mass is 9.78. The Labute approximate surface area is 381 Å². The van der Waals surface area contributed by atoms with Crippen LogP contribution < -0.4 is 0 Å². The highest BCUT2D eigenvalue weighted by Crippen LogP contribution is 2.50. The summed E-state index contributed by atoms with van der Waals surface area (Å²) in [5, 5.41) is 2.25. The van der Waals surface area contributed by atoms with E-state index in [9.17, 15) is 0 Å². The van der Waals surface area contributed by atoms with E-state index in [0.29, 0.717) is 11.5 Å². The van der Waals surface area contributed by atoms with Crippen molar-refractivity contribution in [2.24, 2.45) is 9.98 Å². The first-order valence-electron chi connectivity index (χ1n) is 22.1. The van der Waals surface area contributed by atoms with E-state index in [1.54, 1.807) is 0 Å². The molecule has 0 unspecified atom stereocenters. The Morgan fingerprint density at radius 2 is 0.785 bits per heavy atom. The summed E-state index contributed by atoms with van der Waals surface area (Å²) in [6.07, 6.45) is 0. The fourth-order valence-electron chi connectivity index (χ4n) is 8.94. The number of aliphatic imine (C=N–C) groups is 2. The molecule has 0 aromatic heterocycles. The Morgan fingerprint density at radius 3 is 1.37 bits per heavy atom. The molecule has 0 fully saturated rings. The highest BCUT2D eigenvalue weighted by Gasteiger charge is 2.24. The molecule has 0 heterocycles. The van der Waals surface area contributed by atoms with Crippen LogP contribution in [-0.2, 0) is 0 Å². The van der Waals surface area contributed by atoms with Gasteiger partial charge in [0.1, 0.15) is 0 Å². The number of fused-ring (bicyclic) bond motifs is 1. The van der Waals surface area contributed by atoms with Crippen LogP contribution in [0, 0.1) is 0 Å². The van der Waals surface area contributed by atoms with E-state index >= 15 is 0 Å². The summed E-state index contributed by atoms with van der Waals surface area (Å²) >= 11 is 0. The van der Waals surface area contributed by atoms with Crippen LogP contribution in [0.2, 0.25) is 0 Å². The molecule has 0 radical (unpaired) electrons. The predicted octanol–water partition coefficient (Wildman–Crippen LogP) is 16.8. The molecule has 0 aliphatic rings. The monoisotopic (exact) mass is 830 g/mol. The van der Waals surface area contributed by atoms with Gasteiger partial charge in [-0.15, -0.1) is 0 Å². The molecule has 0 atom stereocenters. The Kier molecular flexibility index (Phi) is 11.5. The number of hydrogen-bond donors (Lipinski definition) is 0. The lowest BCUT2D eigenvalue weighted by molar-refractivity contribution is 1.44. The minimum Gasteiger partial charge on any atom is -0.233 e. The summed E-state index contributed by atoms with van der Waals surface area (Å²) in [7, 11) is 0. The summed E-state index contributed by atoms with van der Waals surface area (Å²) < 4.78 is 0. The summed E-state index contributed by atoms with van der Waals surface area (Å²) in [6, 6.07) is 88.2. The number of amidine groups is 1. The van der Waals surface area contributed by atoms with Gasteiger partial charge in [-0.2, -0.15) is 0 Å². The lowest BCUT2D eigenvalue weighted by Crippen LogP contribution is -2.06. The average molecular weight is 831 g/mol. The zero-order valence-corrected chi connectivity index (χ0v) is 36.3. The first kappa shape index (κ1) is 40.6. The van der Waals surface area contributed by atoms with Gasteiger partial charge in [0.25, 0.3) is 0 Å². The molecule has 2 heteroatoms. The van der Waals surface area contributed by atoms with Gasteiger partial charge in [-0.25, -0.2) is 9.98 Å². The molecular formula is C63H46N2. The van der Waals surface area contributed by atoms with Crippen LogP contribution in [0.5, 0.6) is 0 Å². The Bertz CT molecular complexity index is 3340. The fraction of sp³-hybridized carbons (Fsp3) is 0.0159. The first-order chi connectivity index (χ1) is 32.1. The van der Waals surface area contributed by atoms with Crippen molar-refractivity contribution >= 4 is 28.0 Å². The Hall–Kier alpha value is -8.46. The van der Waals surface area contributed by atoms with Crippen molar-refractivity contribution in [2.45, 2.75) is 6.92 Å². The molecule has 0 saturated heterocycles. The van der Waals surface area contributed by atoms with Crippen molar-refractivity contribution in [1.29, 1.82) is 0 Å². The third-order valence-corrected chi connectivity index (χ3v) is 12.0. The van der Waals surface area contributed by atoms with Gasteiger partial charge in [0.15, 0.2) is 5.84 Å². The molecule has 0 saturated carbocycles. The van der Waals surface area contributed by atoms with Crippen LogP contribution in [-0.4, -0.2) is 11.5 Å². The largest absolute Gasteiger partial charge is 0.233 e. The van der Waals surface area contributed by atoms with Crippen molar-refractivity contribution in [2.75, 3.05) is 0 Å². The maximum absolute atomic E-state index is 5.34. The average Bonchev–Trinajstić information content (AvgIpc) is 3.39. The highest BCUT2D eigenvalue weighted by molar-refractivity contribution is 6.18. The molecule has 0 spiro atoms. The number of benzene rings is 10. The van der Waals surface area contributed by atoms with Crippen LogP contribution in [0.3, 0.4) is 0 Å². The first-order valence-corrected chi connectivity index (χ1v) is 22.1. The van der Waals surface area contributed by atoms with Gasteiger partial charge >= 0.3 is 0 Å². The highest BCUT2D eigenvalue weighted by atomic mass is 14.9. The minimum atomic E-state index is 0.598. The zero-order chi connectivity index (χ0) is 44.0. The standard InChI is InChI=1S/C63H46N2/c1-44(46-24-9-3-10-25-46)64-63(65-45(2)47-26-11-4-12-27-47)56-41-40-49-30-21-22-39-55(49)59(56)54-38-23-37-53(42-54)58-43-57(48-28-13-5-14-29-48)60(50-31-15-6-16-32-50)62(52-35-19-8-20-36-52)61(58)51-33-17-7-18-34-51/h3-43H,1H2,2H3. The smallest absolute Gasteiger partial charge is 0.160 e. The summed E-state index contributed by atoms with van der Waals surface area (Å²) in [5.74, 6) is 0.598. The number of nitrogens with zero attached hydrogens (tertiary/aromatic N) is 2. The Morgan fingerprint density at radius 1 is 0.338 bits per heavy atom. The van der Waals surface area contributed by atoms with Crippen LogP contribution in [0.15, 0.2) is 265 Å². The third-order valence-electron chi connectivity index (χ3n) is 12.0. The molecule has 10 aromatic carbocycles. The van der Waals surface area contributed by atoms with E-state index in [4.69, 9.17) is 9.98 Å². The molecule has 10 aromatic rings. The van der Waals surface area contributed by atoms with E-state index in [2.05, 4.69) is 214 Å². The van der Waals surface area contributed by atoms with Gasteiger partial charge in [0, 0.05) is 16.8 Å². The molecule has 0 bridgehead atoms. The maximum atomic E-state index is 5.34. The number of rotatable bonds is 10. The van der Waals surface area contributed by atoms with Gasteiger partial charge in [-0.3, -0.25) is 0 Å². The molecule has 2 nitrogen and oxygen atoms in total. The second kappa shape index (κ2) is 18.5. The van der Waals surface area contributed by atoms with Crippen LogP contribution >= 0.6 is 0 Å². The Balaban J connectivity index is 1.27. The zero-order valence-electron chi connectivity index (χ0n) is 36.3.